The molecule has 0 spiro atoms. The smallest absolute Gasteiger partial charge is 0.269 e. The van der Waals surface area contributed by atoms with Crippen molar-refractivity contribution < 1.29 is 38.3 Å². The normalized spacial score (nSPS) is 25.9. The second-order valence-electron chi connectivity index (χ2n) is 13.8. The van der Waals surface area contributed by atoms with Crippen LogP contribution in [0.3, 0.4) is 0 Å². The minimum Gasteiger partial charge on any atom is -0.491 e. The van der Waals surface area contributed by atoms with Crippen molar-refractivity contribution in [1.82, 2.24) is 5.01 Å². The van der Waals surface area contributed by atoms with Crippen LogP contribution in [0.25, 0.3) is 0 Å². The number of para-hydroxylation sites is 1. The molecule has 2 aliphatic heterocycles. The third-order valence-corrected chi connectivity index (χ3v) is 11.4. The van der Waals surface area contributed by atoms with Crippen molar-refractivity contribution in [2.45, 2.75) is 24.2 Å². The number of allylic oxidation sites excluding steroid dienone is 2. The zero-order valence-corrected chi connectivity index (χ0v) is 29.2. The Morgan fingerprint density at radius 3 is 2.30 bits per heavy atom. The summed E-state index contributed by atoms with van der Waals surface area (Å²) in [5.41, 5.74) is 3.29. The summed E-state index contributed by atoms with van der Waals surface area (Å²) in [5.74, 6) is -6.65. The third-order valence-electron chi connectivity index (χ3n) is 11.2. The SMILES string of the molecule is O=C1[C@@H]2C[C@@H]3C(=CC[C@@H]4C(=O)N(c5ccc([N+](=O)[O-])cc5)C(=O)[C@@H]43)[C@H](c3ccccc3OCCO)[C@]2(c2ccc(Cl)cc2)C(=O)N1Nc1ccc(F)cc1. The van der Waals surface area contributed by atoms with Gasteiger partial charge in [-0.25, -0.2) is 4.39 Å². The first-order valence-electron chi connectivity index (χ1n) is 17.4. The molecule has 0 aromatic heterocycles. The molecule has 4 aliphatic rings. The monoisotopic (exact) mass is 750 g/mol. The number of hydrogen-bond donors (Lipinski definition) is 2. The van der Waals surface area contributed by atoms with Crippen LogP contribution >= 0.6 is 11.6 Å². The van der Waals surface area contributed by atoms with E-state index in [1.54, 1.807) is 48.5 Å². The molecule has 3 fully saturated rings. The van der Waals surface area contributed by atoms with Crippen molar-refractivity contribution in [3.8, 4) is 5.75 Å². The number of hydrogen-bond acceptors (Lipinski definition) is 9. The summed E-state index contributed by atoms with van der Waals surface area (Å²) in [4.78, 5) is 70.5. The fraction of sp³-hybridized carbons (Fsp3) is 0.250. The Hall–Kier alpha value is -5.92. The van der Waals surface area contributed by atoms with E-state index in [2.05, 4.69) is 5.43 Å². The average molecular weight is 751 g/mol. The number of hydrazine groups is 1. The highest BCUT2D eigenvalue weighted by Gasteiger charge is 2.70. The molecule has 4 aromatic carbocycles. The van der Waals surface area contributed by atoms with E-state index >= 15 is 4.79 Å². The van der Waals surface area contributed by atoms with E-state index < -0.39 is 69.4 Å². The molecule has 2 aliphatic carbocycles. The Morgan fingerprint density at radius 2 is 1.61 bits per heavy atom. The van der Waals surface area contributed by atoms with Gasteiger partial charge in [0.25, 0.3) is 17.5 Å². The van der Waals surface area contributed by atoms with Gasteiger partial charge in [0.1, 0.15) is 18.2 Å². The van der Waals surface area contributed by atoms with E-state index in [1.807, 2.05) is 6.08 Å². The second kappa shape index (κ2) is 13.5. The van der Waals surface area contributed by atoms with E-state index in [0.29, 0.717) is 33.2 Å². The lowest BCUT2D eigenvalue weighted by atomic mass is 9.49. The van der Waals surface area contributed by atoms with Crippen LogP contribution in [0.2, 0.25) is 5.02 Å². The highest BCUT2D eigenvalue weighted by molar-refractivity contribution is 6.30. The Morgan fingerprint density at radius 1 is 0.907 bits per heavy atom. The summed E-state index contributed by atoms with van der Waals surface area (Å²) in [6, 6.07) is 24.1. The molecular formula is C40H32ClFN4O8. The third kappa shape index (κ3) is 5.37. The van der Waals surface area contributed by atoms with Crippen LogP contribution in [0.4, 0.5) is 21.5 Å². The van der Waals surface area contributed by atoms with Crippen LogP contribution in [0.5, 0.6) is 5.75 Å². The predicted octanol–water partition coefficient (Wildman–Crippen LogP) is 5.95. The Kier molecular flexibility index (Phi) is 8.78. The number of rotatable bonds is 9. The van der Waals surface area contributed by atoms with Gasteiger partial charge >= 0.3 is 0 Å². The predicted molar refractivity (Wildman–Crippen MR) is 194 cm³/mol. The number of carbonyl (C=O) groups is 4. The summed E-state index contributed by atoms with van der Waals surface area (Å²) >= 11 is 6.36. The van der Waals surface area contributed by atoms with Gasteiger partial charge in [-0.2, -0.15) is 5.01 Å². The van der Waals surface area contributed by atoms with E-state index in [1.165, 1.54) is 48.5 Å². The van der Waals surface area contributed by atoms with Crippen molar-refractivity contribution in [3.63, 3.8) is 0 Å². The minimum absolute atomic E-state index is 0.0189. The van der Waals surface area contributed by atoms with E-state index in [4.69, 9.17) is 16.3 Å². The van der Waals surface area contributed by atoms with Crippen LogP contribution in [-0.4, -0.2) is 51.9 Å². The summed E-state index contributed by atoms with van der Waals surface area (Å²) in [7, 11) is 0. The number of halogens is 2. The van der Waals surface area contributed by atoms with Crippen LogP contribution in [0, 0.1) is 39.6 Å². The second-order valence-corrected chi connectivity index (χ2v) is 14.2. The number of aliphatic hydroxyl groups is 1. The Balaban J connectivity index is 1.31. The summed E-state index contributed by atoms with van der Waals surface area (Å²) in [6.45, 7) is -0.350. The lowest BCUT2D eigenvalue weighted by molar-refractivity contribution is -0.384. The number of anilines is 2. The number of imide groups is 2. The van der Waals surface area contributed by atoms with Crippen molar-refractivity contribution in [3.05, 3.63) is 141 Å². The number of non-ortho nitro benzene ring substituents is 1. The molecule has 4 aromatic rings. The number of amides is 4. The van der Waals surface area contributed by atoms with Crippen molar-refractivity contribution in [1.29, 1.82) is 0 Å². The first-order chi connectivity index (χ1) is 26.1. The summed E-state index contributed by atoms with van der Waals surface area (Å²) in [6.07, 6.45) is 2.07. The Bertz CT molecular complexity index is 2230. The standard InChI is InChI=1S/C40H32ClFN4O8/c41-23-7-5-22(6-8-23)40-32(37(49)45(39(40)51)43-25-11-9-24(42)10-12-25)21-31-28(35(40)29-3-1-2-4-33(29)54-20-19-47)17-18-30-34(31)38(50)44(36(30)48)26-13-15-27(16-14-26)46(52)53/h1-17,30-32,34-35,43,47H,18-21H2/t30-,31+,32-,34-,35+,40+/m0/s1. The highest BCUT2D eigenvalue weighted by Crippen LogP contribution is 2.65. The molecule has 14 heteroatoms. The number of ether oxygens (including phenoxy) is 1. The zero-order chi connectivity index (χ0) is 37.9. The lowest BCUT2D eigenvalue weighted by Gasteiger charge is -2.50. The number of nitrogens with zero attached hydrogens (tertiary/aromatic N) is 3. The van der Waals surface area contributed by atoms with Crippen molar-refractivity contribution >= 4 is 52.3 Å². The van der Waals surface area contributed by atoms with Gasteiger partial charge in [-0.3, -0.25) is 39.6 Å². The molecule has 0 unspecified atom stereocenters. The fourth-order valence-electron chi connectivity index (χ4n) is 8.98. The molecule has 0 radical (unpaired) electrons. The van der Waals surface area contributed by atoms with Gasteiger partial charge in [0.15, 0.2) is 0 Å². The van der Waals surface area contributed by atoms with Crippen molar-refractivity contribution in [2.75, 3.05) is 23.5 Å². The average Bonchev–Trinajstić information content (AvgIpc) is 3.56. The Labute approximate surface area is 312 Å². The zero-order valence-electron chi connectivity index (χ0n) is 28.4. The quantitative estimate of drug-likeness (QED) is 0.0913. The molecular weight excluding hydrogens is 719 g/mol. The number of aliphatic hydroxyl groups excluding tert-OH is 1. The van der Waals surface area contributed by atoms with Gasteiger partial charge < -0.3 is 9.84 Å². The molecule has 8 rings (SSSR count). The van der Waals surface area contributed by atoms with Gasteiger partial charge in [0.2, 0.25) is 11.8 Å². The summed E-state index contributed by atoms with van der Waals surface area (Å²) in [5, 5.41) is 22.4. The molecule has 2 heterocycles. The molecule has 6 atom stereocenters. The first-order valence-corrected chi connectivity index (χ1v) is 17.8. The van der Waals surface area contributed by atoms with E-state index in [-0.39, 0.29) is 37.4 Å². The van der Waals surface area contributed by atoms with Crippen LogP contribution in [0.1, 0.15) is 29.9 Å². The van der Waals surface area contributed by atoms with Crippen LogP contribution < -0.4 is 15.1 Å². The minimum atomic E-state index is -1.62. The number of nitrogens with one attached hydrogen (secondary N) is 1. The van der Waals surface area contributed by atoms with Gasteiger partial charge in [0.05, 0.1) is 46.1 Å². The largest absolute Gasteiger partial charge is 0.491 e. The molecule has 2 saturated heterocycles. The van der Waals surface area contributed by atoms with Gasteiger partial charge in [-0.05, 0) is 78.9 Å². The van der Waals surface area contributed by atoms with E-state index in [9.17, 15) is 34.0 Å². The number of fused-ring (bicyclic) bond motifs is 4. The molecule has 2 N–H and O–H groups in total. The van der Waals surface area contributed by atoms with Gasteiger partial charge in [-0.15, -0.1) is 0 Å². The molecule has 12 nitrogen and oxygen atoms in total. The van der Waals surface area contributed by atoms with Gasteiger partial charge in [-0.1, -0.05) is 53.6 Å². The maximum atomic E-state index is 15.3. The van der Waals surface area contributed by atoms with Gasteiger partial charge in [0, 0.05) is 28.6 Å². The highest BCUT2D eigenvalue weighted by atomic mass is 35.5. The molecule has 1 saturated carbocycles. The number of carbonyl (C=O) groups excluding carboxylic acids is 4. The molecule has 0 bridgehead atoms. The maximum Gasteiger partial charge on any atom is 0.269 e. The van der Waals surface area contributed by atoms with Crippen molar-refractivity contribution in [2.24, 2.45) is 23.7 Å². The molecule has 274 valence electrons. The lowest BCUT2D eigenvalue weighted by Crippen LogP contribution is -2.53. The number of nitro groups is 1. The van der Waals surface area contributed by atoms with Crippen LogP contribution in [-0.2, 0) is 24.6 Å². The van der Waals surface area contributed by atoms with E-state index in [0.717, 1.165) is 9.91 Å². The summed E-state index contributed by atoms with van der Waals surface area (Å²) < 4.78 is 19.9. The molecule has 4 amide bonds. The fourth-order valence-corrected chi connectivity index (χ4v) is 9.11. The van der Waals surface area contributed by atoms with Crippen LogP contribution in [0.15, 0.2) is 109 Å². The number of nitro benzene ring substituents is 1. The maximum absolute atomic E-state index is 15.3. The first kappa shape index (κ1) is 35.1. The number of benzene rings is 4. The molecule has 54 heavy (non-hydrogen) atoms. The topological polar surface area (TPSA) is 159 Å².